The van der Waals surface area contributed by atoms with Gasteiger partial charge in [-0.25, -0.2) is 8.78 Å². The SMILES string of the molecule is Nc1c(NC(=O)c2ccco2)ccc(F)c1F. The van der Waals surface area contributed by atoms with Gasteiger partial charge in [0, 0.05) is 0 Å². The summed E-state index contributed by atoms with van der Waals surface area (Å²) in [6, 6.07) is 5.02. The number of rotatable bonds is 2. The number of carbonyl (C=O) groups is 1. The van der Waals surface area contributed by atoms with Gasteiger partial charge in [0.2, 0.25) is 0 Å². The lowest BCUT2D eigenvalue weighted by molar-refractivity contribution is 0.0996. The summed E-state index contributed by atoms with van der Waals surface area (Å²) >= 11 is 0. The Hall–Kier alpha value is -2.37. The molecule has 88 valence electrons. The second-order valence-electron chi connectivity index (χ2n) is 3.25. The van der Waals surface area contributed by atoms with Crippen molar-refractivity contribution < 1.29 is 18.0 Å². The molecule has 0 unspecified atom stereocenters. The molecule has 0 saturated carbocycles. The number of nitrogen functional groups attached to an aromatic ring is 1. The van der Waals surface area contributed by atoms with Crippen LogP contribution in [0, 0.1) is 11.6 Å². The highest BCUT2D eigenvalue weighted by atomic mass is 19.2. The molecule has 0 bridgehead atoms. The van der Waals surface area contributed by atoms with Gasteiger partial charge in [0.15, 0.2) is 17.4 Å². The molecule has 1 heterocycles. The quantitative estimate of drug-likeness (QED) is 0.789. The third kappa shape index (κ3) is 2.10. The fraction of sp³-hybridized carbons (Fsp3) is 0. The van der Waals surface area contributed by atoms with Crippen molar-refractivity contribution in [1.82, 2.24) is 0 Å². The van der Waals surface area contributed by atoms with Crippen LogP contribution in [0.1, 0.15) is 10.6 Å². The highest BCUT2D eigenvalue weighted by Gasteiger charge is 2.14. The number of nitrogens with one attached hydrogen (secondary N) is 1. The van der Waals surface area contributed by atoms with E-state index in [0.29, 0.717) is 0 Å². The van der Waals surface area contributed by atoms with Crippen LogP contribution in [0.5, 0.6) is 0 Å². The molecular weight excluding hydrogens is 230 g/mol. The molecule has 0 spiro atoms. The minimum atomic E-state index is -1.19. The molecule has 0 fully saturated rings. The number of hydrogen-bond donors (Lipinski definition) is 2. The first kappa shape index (κ1) is 11.1. The zero-order valence-corrected chi connectivity index (χ0v) is 8.54. The monoisotopic (exact) mass is 238 g/mol. The van der Waals surface area contributed by atoms with Crippen molar-refractivity contribution in [3.8, 4) is 0 Å². The smallest absolute Gasteiger partial charge is 0.291 e. The Kier molecular flexibility index (Phi) is 2.78. The Labute approximate surface area is 95.0 Å². The standard InChI is InChI=1S/C11H8F2N2O2/c12-6-3-4-7(10(14)9(6)13)15-11(16)8-2-1-5-17-8/h1-5H,14H2,(H,15,16). The van der Waals surface area contributed by atoms with Crippen molar-refractivity contribution in [2.24, 2.45) is 0 Å². The first-order chi connectivity index (χ1) is 8.09. The predicted octanol–water partition coefficient (Wildman–Crippen LogP) is 2.39. The van der Waals surface area contributed by atoms with E-state index < -0.39 is 23.2 Å². The molecule has 0 aliphatic carbocycles. The lowest BCUT2D eigenvalue weighted by atomic mass is 10.2. The average Bonchev–Trinajstić information content (AvgIpc) is 2.83. The van der Waals surface area contributed by atoms with E-state index >= 15 is 0 Å². The fourth-order valence-corrected chi connectivity index (χ4v) is 1.27. The van der Waals surface area contributed by atoms with Gasteiger partial charge in [-0.05, 0) is 24.3 Å². The van der Waals surface area contributed by atoms with Gasteiger partial charge >= 0.3 is 0 Å². The van der Waals surface area contributed by atoms with Crippen molar-refractivity contribution in [2.45, 2.75) is 0 Å². The molecule has 1 amide bonds. The number of amides is 1. The Morgan fingerprint density at radius 2 is 2.06 bits per heavy atom. The maximum absolute atomic E-state index is 13.1. The highest BCUT2D eigenvalue weighted by molar-refractivity contribution is 6.03. The van der Waals surface area contributed by atoms with Crippen LogP contribution in [0.15, 0.2) is 34.9 Å². The van der Waals surface area contributed by atoms with Gasteiger partial charge in [0.1, 0.15) is 0 Å². The van der Waals surface area contributed by atoms with Crippen LogP contribution in [0.25, 0.3) is 0 Å². The van der Waals surface area contributed by atoms with Crippen LogP contribution < -0.4 is 11.1 Å². The average molecular weight is 238 g/mol. The summed E-state index contributed by atoms with van der Waals surface area (Å²) < 4.78 is 30.7. The predicted molar refractivity (Wildman–Crippen MR) is 57.4 cm³/mol. The van der Waals surface area contributed by atoms with Gasteiger partial charge in [0.05, 0.1) is 17.6 Å². The van der Waals surface area contributed by atoms with E-state index in [9.17, 15) is 13.6 Å². The van der Waals surface area contributed by atoms with Crippen LogP contribution >= 0.6 is 0 Å². The number of furan rings is 1. The van der Waals surface area contributed by atoms with Crippen LogP contribution in [-0.4, -0.2) is 5.91 Å². The van der Waals surface area contributed by atoms with E-state index in [1.807, 2.05) is 0 Å². The largest absolute Gasteiger partial charge is 0.459 e. The molecule has 4 nitrogen and oxygen atoms in total. The number of nitrogens with two attached hydrogens (primary N) is 1. The lowest BCUT2D eigenvalue weighted by Crippen LogP contribution is -2.13. The van der Waals surface area contributed by atoms with E-state index in [-0.39, 0.29) is 11.4 Å². The van der Waals surface area contributed by atoms with Crippen molar-refractivity contribution in [2.75, 3.05) is 11.1 Å². The van der Waals surface area contributed by atoms with Crippen LogP contribution in [-0.2, 0) is 0 Å². The van der Waals surface area contributed by atoms with Gasteiger partial charge in [0.25, 0.3) is 5.91 Å². The minimum absolute atomic E-state index is 0.00898. The van der Waals surface area contributed by atoms with E-state index in [0.717, 1.165) is 6.07 Å². The molecule has 0 aliphatic heterocycles. The normalized spacial score (nSPS) is 10.2. The molecular formula is C11H8F2N2O2. The minimum Gasteiger partial charge on any atom is -0.459 e. The number of benzene rings is 1. The van der Waals surface area contributed by atoms with Crippen molar-refractivity contribution in [3.05, 3.63) is 47.9 Å². The van der Waals surface area contributed by atoms with Crippen LogP contribution in [0.2, 0.25) is 0 Å². The molecule has 1 aromatic carbocycles. The molecule has 0 atom stereocenters. The summed E-state index contributed by atoms with van der Waals surface area (Å²) in [5, 5.41) is 2.32. The van der Waals surface area contributed by atoms with E-state index in [1.54, 1.807) is 0 Å². The second-order valence-corrected chi connectivity index (χ2v) is 3.25. The van der Waals surface area contributed by atoms with Crippen molar-refractivity contribution >= 4 is 17.3 Å². The Balaban J connectivity index is 2.25. The lowest BCUT2D eigenvalue weighted by Gasteiger charge is -2.07. The summed E-state index contributed by atoms with van der Waals surface area (Å²) in [7, 11) is 0. The summed E-state index contributed by atoms with van der Waals surface area (Å²) in [5.74, 6) is -2.80. The maximum Gasteiger partial charge on any atom is 0.291 e. The Morgan fingerprint density at radius 1 is 1.29 bits per heavy atom. The molecule has 1 aromatic heterocycles. The van der Waals surface area contributed by atoms with E-state index in [1.165, 1.54) is 24.5 Å². The molecule has 2 rings (SSSR count). The number of halogens is 2. The van der Waals surface area contributed by atoms with E-state index in [4.69, 9.17) is 10.2 Å². The number of carbonyl (C=O) groups excluding carboxylic acids is 1. The Morgan fingerprint density at radius 3 is 2.71 bits per heavy atom. The second kappa shape index (κ2) is 4.25. The third-order valence-electron chi connectivity index (χ3n) is 2.13. The van der Waals surface area contributed by atoms with Crippen LogP contribution in [0.3, 0.4) is 0 Å². The molecule has 6 heteroatoms. The molecule has 3 N–H and O–H groups in total. The van der Waals surface area contributed by atoms with Gasteiger partial charge in [-0.15, -0.1) is 0 Å². The fourth-order valence-electron chi connectivity index (χ4n) is 1.27. The third-order valence-corrected chi connectivity index (χ3v) is 2.13. The summed E-state index contributed by atoms with van der Waals surface area (Å²) in [5.41, 5.74) is 4.86. The van der Waals surface area contributed by atoms with Gasteiger partial charge in [-0.1, -0.05) is 0 Å². The van der Waals surface area contributed by atoms with Crippen LogP contribution in [0.4, 0.5) is 20.2 Å². The van der Waals surface area contributed by atoms with Gasteiger partial charge < -0.3 is 15.5 Å². The van der Waals surface area contributed by atoms with E-state index in [2.05, 4.69) is 5.32 Å². The first-order valence-electron chi connectivity index (χ1n) is 4.68. The molecule has 2 aromatic rings. The zero-order valence-electron chi connectivity index (χ0n) is 8.54. The number of anilines is 2. The van der Waals surface area contributed by atoms with Gasteiger partial charge in [-0.3, -0.25) is 4.79 Å². The number of hydrogen-bond acceptors (Lipinski definition) is 3. The summed E-state index contributed by atoms with van der Waals surface area (Å²) in [6.07, 6.45) is 1.32. The van der Waals surface area contributed by atoms with Gasteiger partial charge in [-0.2, -0.15) is 0 Å². The molecule has 0 saturated heterocycles. The summed E-state index contributed by atoms with van der Waals surface area (Å²) in [4.78, 5) is 11.5. The molecule has 0 aliphatic rings. The zero-order chi connectivity index (χ0) is 12.4. The van der Waals surface area contributed by atoms with Crippen molar-refractivity contribution in [1.29, 1.82) is 0 Å². The maximum atomic E-state index is 13.1. The molecule has 0 radical (unpaired) electrons. The topological polar surface area (TPSA) is 68.3 Å². The Bertz CT molecular complexity index is 553. The van der Waals surface area contributed by atoms with Crippen molar-refractivity contribution in [3.63, 3.8) is 0 Å². The molecule has 17 heavy (non-hydrogen) atoms. The summed E-state index contributed by atoms with van der Waals surface area (Å²) in [6.45, 7) is 0. The highest BCUT2D eigenvalue weighted by Crippen LogP contribution is 2.24. The first-order valence-corrected chi connectivity index (χ1v) is 4.68.